The summed E-state index contributed by atoms with van der Waals surface area (Å²) >= 11 is 0. The van der Waals surface area contributed by atoms with Gasteiger partial charge in [0.1, 0.15) is 17.1 Å². The van der Waals surface area contributed by atoms with Crippen molar-refractivity contribution < 1.29 is 22.8 Å². The molecule has 2 aromatic heterocycles. The van der Waals surface area contributed by atoms with Gasteiger partial charge >= 0.3 is 6.18 Å². The van der Waals surface area contributed by atoms with Crippen LogP contribution in [0.4, 0.5) is 19.0 Å². The van der Waals surface area contributed by atoms with Crippen LogP contribution in [0.2, 0.25) is 0 Å². The second-order valence-electron chi connectivity index (χ2n) is 10.3. The predicted molar refractivity (Wildman–Crippen MR) is 137 cm³/mol. The Balaban J connectivity index is 1.37. The molecule has 0 radical (unpaired) electrons. The molecule has 0 atom stereocenters. The largest absolute Gasteiger partial charge is 0.416 e. The van der Waals surface area contributed by atoms with Gasteiger partial charge in [-0.05, 0) is 61.6 Å². The highest BCUT2D eigenvalue weighted by Gasteiger charge is 2.51. The summed E-state index contributed by atoms with van der Waals surface area (Å²) in [6.07, 6.45) is 0.988. The van der Waals surface area contributed by atoms with Crippen LogP contribution >= 0.6 is 0 Å². The van der Waals surface area contributed by atoms with E-state index < -0.39 is 17.6 Å². The molecule has 1 spiro atoms. The summed E-state index contributed by atoms with van der Waals surface area (Å²) in [6.45, 7) is 4.43. The van der Waals surface area contributed by atoms with E-state index in [4.69, 9.17) is 11.5 Å². The number of primary amides is 1. The number of nitrogens with two attached hydrogens (primary N) is 2. The molecule has 2 amide bonds. The third-order valence-electron chi connectivity index (χ3n) is 7.82. The van der Waals surface area contributed by atoms with Gasteiger partial charge in [-0.25, -0.2) is 4.68 Å². The zero-order valence-electron chi connectivity index (χ0n) is 21.5. The number of carbonyl (C=O) groups excluding carboxylic acids is 2. The lowest BCUT2D eigenvalue weighted by atomic mass is 9.65. The third-order valence-corrected chi connectivity index (χ3v) is 7.82. The average Bonchev–Trinajstić information content (AvgIpc) is 3.56. The number of nitrogen functional groups attached to an aromatic ring is 1. The van der Waals surface area contributed by atoms with Gasteiger partial charge in [0.2, 0.25) is 0 Å². The number of aromatic nitrogens is 4. The van der Waals surface area contributed by atoms with Crippen LogP contribution in [0.3, 0.4) is 0 Å². The molecule has 5 rings (SSSR count). The van der Waals surface area contributed by atoms with E-state index in [0.29, 0.717) is 24.2 Å². The number of hydrogen-bond donors (Lipinski definition) is 2. The molecule has 0 bridgehead atoms. The van der Waals surface area contributed by atoms with Crippen LogP contribution < -0.4 is 11.5 Å². The number of rotatable bonds is 5. The molecular weight excluding hydrogens is 511 g/mol. The molecule has 204 valence electrons. The molecule has 39 heavy (non-hydrogen) atoms. The van der Waals surface area contributed by atoms with Gasteiger partial charge in [-0.1, -0.05) is 18.1 Å². The van der Waals surface area contributed by atoms with Crippen molar-refractivity contribution in [3.8, 4) is 23.1 Å². The number of anilines is 1. The summed E-state index contributed by atoms with van der Waals surface area (Å²) in [5, 5.41) is 8.91. The molecule has 1 saturated heterocycles. The van der Waals surface area contributed by atoms with Gasteiger partial charge in [0.05, 0.1) is 24.3 Å². The van der Waals surface area contributed by atoms with Crippen LogP contribution in [0, 0.1) is 24.2 Å². The Morgan fingerprint density at radius 1 is 1.26 bits per heavy atom. The molecular formula is C27H28F3N7O2. The Morgan fingerprint density at radius 3 is 2.67 bits per heavy atom. The van der Waals surface area contributed by atoms with E-state index in [1.165, 1.54) is 23.9 Å². The van der Waals surface area contributed by atoms with Crippen LogP contribution in [0.5, 0.6) is 0 Å². The Hall–Kier alpha value is -4.27. The minimum atomic E-state index is -4.45. The fraction of sp³-hybridized carbons (Fsp3) is 0.407. The number of alkyl halides is 3. The van der Waals surface area contributed by atoms with E-state index in [9.17, 15) is 22.8 Å². The molecule has 3 heterocycles. The van der Waals surface area contributed by atoms with Gasteiger partial charge in [-0.3, -0.25) is 14.3 Å². The molecule has 3 aromatic rings. The smallest absolute Gasteiger partial charge is 0.383 e. The minimum Gasteiger partial charge on any atom is -0.383 e. The molecule has 1 saturated carbocycles. The number of carbonyl (C=O) groups is 2. The number of amides is 2. The standard InChI is InChI=1S/C27H28F3N7O2/c1-3-5-21(38)35-9-8-26(15-35)10-19(11-26)37-24(31)22(25(32)39)23(34-37)18-12-33-36(14-18)13-17-6-4-7-20(16(17)2)27(28,29)30/h4,6-7,12,14,19H,8-11,13,15,31H2,1-2H3,(H2,32,39). The molecule has 9 nitrogen and oxygen atoms in total. The van der Waals surface area contributed by atoms with Gasteiger partial charge in [0.25, 0.3) is 11.8 Å². The van der Waals surface area contributed by atoms with Crippen molar-refractivity contribution in [3.63, 3.8) is 0 Å². The highest BCUT2D eigenvalue weighted by atomic mass is 19.4. The fourth-order valence-electron chi connectivity index (χ4n) is 5.82. The summed E-state index contributed by atoms with van der Waals surface area (Å²) in [4.78, 5) is 26.3. The second-order valence-corrected chi connectivity index (χ2v) is 10.3. The zero-order valence-corrected chi connectivity index (χ0v) is 21.5. The molecule has 1 aliphatic heterocycles. The first-order valence-electron chi connectivity index (χ1n) is 12.5. The van der Waals surface area contributed by atoms with Crippen molar-refractivity contribution in [2.24, 2.45) is 11.1 Å². The Morgan fingerprint density at radius 2 is 2.00 bits per heavy atom. The Labute approximate surface area is 222 Å². The highest BCUT2D eigenvalue weighted by Crippen LogP contribution is 2.54. The van der Waals surface area contributed by atoms with Crippen LogP contribution in [0.15, 0.2) is 30.6 Å². The Bertz CT molecular complexity index is 1520. The maximum Gasteiger partial charge on any atom is 0.416 e. The molecule has 4 N–H and O–H groups in total. The molecule has 2 aliphatic rings. The molecule has 0 unspecified atom stereocenters. The maximum atomic E-state index is 13.3. The summed E-state index contributed by atoms with van der Waals surface area (Å²) in [7, 11) is 0. The monoisotopic (exact) mass is 539 g/mol. The van der Waals surface area contributed by atoms with Crippen LogP contribution in [0.25, 0.3) is 11.3 Å². The van der Waals surface area contributed by atoms with Gasteiger partial charge in [0.15, 0.2) is 0 Å². The number of hydrogen-bond acceptors (Lipinski definition) is 5. The predicted octanol–water partition coefficient (Wildman–Crippen LogP) is 3.38. The van der Waals surface area contributed by atoms with E-state index in [1.807, 2.05) is 0 Å². The van der Waals surface area contributed by atoms with Gasteiger partial charge in [-0.2, -0.15) is 23.4 Å². The topological polar surface area (TPSA) is 125 Å². The van der Waals surface area contributed by atoms with Gasteiger partial charge in [0, 0.05) is 24.8 Å². The Kier molecular flexibility index (Phi) is 6.40. The molecule has 2 fully saturated rings. The normalized spacial score (nSPS) is 20.5. The van der Waals surface area contributed by atoms with Crippen molar-refractivity contribution in [2.45, 2.75) is 51.9 Å². The van der Waals surface area contributed by atoms with E-state index in [1.54, 1.807) is 28.8 Å². The highest BCUT2D eigenvalue weighted by molar-refractivity contribution is 6.03. The summed E-state index contributed by atoms with van der Waals surface area (Å²) in [6, 6.07) is 3.97. The number of benzene rings is 1. The van der Waals surface area contributed by atoms with Crippen LogP contribution in [-0.4, -0.2) is 49.4 Å². The lowest BCUT2D eigenvalue weighted by Crippen LogP contribution is -2.42. The van der Waals surface area contributed by atoms with E-state index >= 15 is 0 Å². The first-order chi connectivity index (χ1) is 18.4. The van der Waals surface area contributed by atoms with Crippen molar-refractivity contribution in [3.05, 3.63) is 52.8 Å². The number of nitrogens with zero attached hydrogens (tertiary/aromatic N) is 5. The van der Waals surface area contributed by atoms with Crippen LogP contribution in [-0.2, 0) is 17.5 Å². The van der Waals surface area contributed by atoms with Gasteiger partial charge in [-0.15, -0.1) is 0 Å². The fourth-order valence-corrected chi connectivity index (χ4v) is 5.82. The maximum absolute atomic E-state index is 13.3. The van der Waals surface area contributed by atoms with Gasteiger partial charge < -0.3 is 16.4 Å². The van der Waals surface area contributed by atoms with E-state index in [0.717, 1.165) is 25.3 Å². The first kappa shape index (κ1) is 26.3. The van der Waals surface area contributed by atoms with E-state index in [-0.39, 0.29) is 46.5 Å². The van der Waals surface area contributed by atoms with Crippen LogP contribution in [0.1, 0.15) is 59.3 Å². The number of halogens is 3. The molecule has 1 aliphatic carbocycles. The third kappa shape index (κ3) is 4.73. The van der Waals surface area contributed by atoms with Crippen molar-refractivity contribution >= 4 is 17.6 Å². The molecule has 12 heteroatoms. The number of likely N-dealkylation sites (tertiary alicyclic amines) is 1. The summed E-state index contributed by atoms with van der Waals surface area (Å²) < 4.78 is 43.1. The minimum absolute atomic E-state index is 0.0329. The second kappa shape index (κ2) is 9.48. The lowest BCUT2D eigenvalue weighted by molar-refractivity contribution is -0.138. The quantitative estimate of drug-likeness (QED) is 0.481. The zero-order chi connectivity index (χ0) is 28.1. The first-order valence-corrected chi connectivity index (χ1v) is 12.5. The van der Waals surface area contributed by atoms with Crippen molar-refractivity contribution in [2.75, 3.05) is 18.8 Å². The molecule has 1 aromatic carbocycles. The summed E-state index contributed by atoms with van der Waals surface area (Å²) in [5.74, 6) is 4.47. The van der Waals surface area contributed by atoms with E-state index in [2.05, 4.69) is 22.0 Å². The average molecular weight is 540 g/mol. The SMILES string of the molecule is CC#CC(=O)N1CCC2(CC(n3nc(-c4cnn(Cc5cccc(C(F)(F)F)c5C)c4)c(C(N)=O)c3N)C2)C1. The lowest BCUT2D eigenvalue weighted by Gasteiger charge is -2.45. The van der Waals surface area contributed by atoms with Crippen molar-refractivity contribution in [1.29, 1.82) is 0 Å². The summed E-state index contributed by atoms with van der Waals surface area (Å²) in [5.41, 5.74) is 12.7. The van der Waals surface area contributed by atoms with Crippen molar-refractivity contribution in [1.82, 2.24) is 24.5 Å².